The molecule has 11 aromatic carbocycles. The number of furan rings is 1. The van der Waals surface area contributed by atoms with E-state index in [0.29, 0.717) is 0 Å². The van der Waals surface area contributed by atoms with E-state index in [1.54, 1.807) is 0 Å². The SMILES string of the molecule is c1ccc(-c2ccc(N(c3ccc(-c4ccccc4)cc3)c3ccccc3-c3ccccc3N(c3ccc(-c4ccccc4)cc3)c3ccc(-c4cccc5oc6ccccc6c45)cc3)cc2)cc1. The summed E-state index contributed by atoms with van der Waals surface area (Å²) in [5.41, 5.74) is 19.7. The molecular weight excluding hydrogens is 837 g/mol. The molecule has 1 heterocycles. The molecule has 3 nitrogen and oxygen atoms in total. The molecule has 69 heavy (non-hydrogen) atoms. The number of rotatable bonds is 11. The fraction of sp³-hybridized carbons (Fsp3) is 0. The van der Waals surface area contributed by atoms with E-state index in [0.717, 1.165) is 78.3 Å². The highest BCUT2D eigenvalue weighted by Crippen LogP contribution is 2.48. The average Bonchev–Trinajstić information content (AvgIpc) is 3.82. The minimum Gasteiger partial charge on any atom is -0.456 e. The van der Waals surface area contributed by atoms with Crippen LogP contribution >= 0.6 is 0 Å². The number of para-hydroxylation sites is 3. The second-order valence-electron chi connectivity index (χ2n) is 17.3. The van der Waals surface area contributed by atoms with Gasteiger partial charge >= 0.3 is 0 Å². The summed E-state index contributed by atoms with van der Waals surface area (Å²) in [5.74, 6) is 0. The van der Waals surface area contributed by atoms with Crippen molar-refractivity contribution in [2.45, 2.75) is 0 Å². The molecule has 0 radical (unpaired) electrons. The zero-order valence-electron chi connectivity index (χ0n) is 37.9. The molecule has 0 bridgehead atoms. The lowest BCUT2D eigenvalue weighted by Crippen LogP contribution is -2.13. The Hall–Kier alpha value is -9.18. The van der Waals surface area contributed by atoms with Crippen LogP contribution in [0, 0.1) is 0 Å². The van der Waals surface area contributed by atoms with Gasteiger partial charge in [-0.3, -0.25) is 0 Å². The second kappa shape index (κ2) is 18.2. The van der Waals surface area contributed by atoms with Gasteiger partial charge in [-0.2, -0.15) is 0 Å². The fourth-order valence-electron chi connectivity index (χ4n) is 9.75. The third kappa shape index (κ3) is 8.03. The summed E-state index contributed by atoms with van der Waals surface area (Å²) in [4.78, 5) is 4.79. The van der Waals surface area contributed by atoms with Crippen LogP contribution in [0.2, 0.25) is 0 Å². The first-order valence-electron chi connectivity index (χ1n) is 23.5. The average molecular weight is 883 g/mol. The Morgan fingerprint density at radius 1 is 0.217 bits per heavy atom. The number of anilines is 6. The van der Waals surface area contributed by atoms with Gasteiger partial charge in [0.15, 0.2) is 0 Å². The lowest BCUT2D eigenvalue weighted by Gasteiger charge is -2.31. The summed E-state index contributed by atoms with van der Waals surface area (Å²) >= 11 is 0. The van der Waals surface area contributed by atoms with E-state index >= 15 is 0 Å². The molecule has 0 N–H and O–H groups in total. The molecule has 12 aromatic rings. The van der Waals surface area contributed by atoms with Gasteiger partial charge in [0.2, 0.25) is 0 Å². The van der Waals surface area contributed by atoms with Crippen LogP contribution < -0.4 is 9.80 Å². The normalized spacial score (nSPS) is 11.2. The minimum atomic E-state index is 0.888. The van der Waals surface area contributed by atoms with E-state index in [-0.39, 0.29) is 0 Å². The van der Waals surface area contributed by atoms with Gasteiger partial charge < -0.3 is 14.2 Å². The highest BCUT2D eigenvalue weighted by atomic mass is 16.3. The van der Waals surface area contributed by atoms with Gasteiger partial charge in [0.1, 0.15) is 11.2 Å². The maximum Gasteiger partial charge on any atom is 0.136 e. The first-order valence-corrected chi connectivity index (χ1v) is 23.5. The Bertz CT molecular complexity index is 3590. The fourth-order valence-corrected chi connectivity index (χ4v) is 9.75. The number of benzene rings is 11. The molecule has 326 valence electrons. The first-order chi connectivity index (χ1) is 34.2. The topological polar surface area (TPSA) is 19.6 Å². The first kappa shape index (κ1) is 41.3. The summed E-state index contributed by atoms with van der Waals surface area (Å²) in [7, 11) is 0. The Kier molecular flexibility index (Phi) is 10.9. The van der Waals surface area contributed by atoms with Gasteiger partial charge in [0.25, 0.3) is 0 Å². The Balaban J connectivity index is 1.00. The van der Waals surface area contributed by atoms with Crippen LogP contribution in [0.25, 0.3) is 77.6 Å². The predicted molar refractivity (Wildman–Crippen MR) is 290 cm³/mol. The van der Waals surface area contributed by atoms with Crippen LogP contribution in [0.4, 0.5) is 34.1 Å². The van der Waals surface area contributed by atoms with Crippen molar-refractivity contribution in [3.8, 4) is 55.6 Å². The lowest BCUT2D eigenvalue weighted by atomic mass is 9.97. The number of nitrogens with zero attached hydrogens (tertiary/aromatic N) is 2. The molecule has 0 amide bonds. The quantitative estimate of drug-likeness (QED) is 0.129. The van der Waals surface area contributed by atoms with E-state index in [4.69, 9.17) is 4.42 Å². The second-order valence-corrected chi connectivity index (χ2v) is 17.3. The zero-order chi connectivity index (χ0) is 45.9. The van der Waals surface area contributed by atoms with Crippen molar-refractivity contribution in [1.82, 2.24) is 0 Å². The Morgan fingerprint density at radius 2 is 0.536 bits per heavy atom. The molecule has 0 aliphatic rings. The van der Waals surface area contributed by atoms with Crippen LogP contribution in [0.15, 0.2) is 283 Å². The van der Waals surface area contributed by atoms with Crippen molar-refractivity contribution in [3.05, 3.63) is 279 Å². The number of hydrogen-bond acceptors (Lipinski definition) is 3. The smallest absolute Gasteiger partial charge is 0.136 e. The monoisotopic (exact) mass is 882 g/mol. The molecule has 1 aromatic heterocycles. The van der Waals surface area contributed by atoms with E-state index in [1.165, 1.54) is 33.4 Å². The molecule has 0 aliphatic carbocycles. The summed E-state index contributed by atoms with van der Waals surface area (Å²) in [5, 5.41) is 2.25. The van der Waals surface area contributed by atoms with Crippen molar-refractivity contribution in [2.75, 3.05) is 9.80 Å². The van der Waals surface area contributed by atoms with Crippen LogP contribution in [0.1, 0.15) is 0 Å². The van der Waals surface area contributed by atoms with Crippen molar-refractivity contribution < 1.29 is 4.42 Å². The van der Waals surface area contributed by atoms with Crippen molar-refractivity contribution in [2.24, 2.45) is 0 Å². The maximum absolute atomic E-state index is 6.31. The molecule has 0 unspecified atom stereocenters. The van der Waals surface area contributed by atoms with Gasteiger partial charge in [0, 0.05) is 44.6 Å². The third-order valence-corrected chi connectivity index (χ3v) is 13.1. The van der Waals surface area contributed by atoms with Gasteiger partial charge in [-0.15, -0.1) is 0 Å². The Labute approximate surface area is 403 Å². The van der Waals surface area contributed by atoms with Crippen LogP contribution in [-0.2, 0) is 0 Å². The van der Waals surface area contributed by atoms with Gasteiger partial charge in [-0.05, 0) is 117 Å². The Morgan fingerprint density at radius 3 is 0.971 bits per heavy atom. The van der Waals surface area contributed by atoms with Crippen molar-refractivity contribution in [1.29, 1.82) is 0 Å². The minimum absolute atomic E-state index is 0.888. The van der Waals surface area contributed by atoms with Crippen molar-refractivity contribution >= 4 is 56.1 Å². The highest BCUT2D eigenvalue weighted by molar-refractivity contribution is 6.12. The largest absolute Gasteiger partial charge is 0.456 e. The number of hydrogen-bond donors (Lipinski definition) is 0. The molecule has 3 heteroatoms. The summed E-state index contributed by atoms with van der Waals surface area (Å²) in [6.45, 7) is 0. The molecule has 0 saturated heterocycles. The van der Waals surface area contributed by atoms with Crippen LogP contribution in [0.3, 0.4) is 0 Å². The van der Waals surface area contributed by atoms with Crippen LogP contribution in [0.5, 0.6) is 0 Å². The van der Waals surface area contributed by atoms with E-state index in [9.17, 15) is 0 Å². The molecule has 0 saturated carbocycles. The van der Waals surface area contributed by atoms with Crippen LogP contribution in [-0.4, -0.2) is 0 Å². The third-order valence-electron chi connectivity index (χ3n) is 13.1. The van der Waals surface area contributed by atoms with Gasteiger partial charge in [-0.1, -0.05) is 206 Å². The summed E-state index contributed by atoms with van der Waals surface area (Å²) in [6.07, 6.45) is 0. The van der Waals surface area contributed by atoms with Crippen molar-refractivity contribution in [3.63, 3.8) is 0 Å². The van der Waals surface area contributed by atoms with E-state index in [2.05, 4.69) is 277 Å². The molecule has 0 fully saturated rings. The van der Waals surface area contributed by atoms with E-state index < -0.39 is 0 Å². The standard InChI is InChI=1S/C66H46N2O/c1-4-17-47(18-5-1)50-31-39-54(40-32-50)67(55-41-33-51(34-42-55)48-19-6-2-7-20-48)62-27-13-10-23-59(62)60-24-11-14-28-63(60)68(56-43-35-52(36-44-56)49-21-8-3-9-22-49)57-45-37-53(38-46-57)58-26-16-30-65-66(58)61-25-12-15-29-64(61)69-65/h1-46H. The van der Waals surface area contributed by atoms with Gasteiger partial charge in [-0.25, -0.2) is 0 Å². The molecule has 0 spiro atoms. The highest BCUT2D eigenvalue weighted by Gasteiger charge is 2.23. The summed E-state index contributed by atoms with van der Waals surface area (Å²) in [6, 6.07) is 99.8. The summed E-state index contributed by atoms with van der Waals surface area (Å²) < 4.78 is 6.31. The molecule has 0 atom stereocenters. The van der Waals surface area contributed by atoms with E-state index in [1.807, 2.05) is 12.1 Å². The predicted octanol–water partition coefficient (Wildman–Crippen LogP) is 18.9. The molecular formula is C66H46N2O. The number of fused-ring (bicyclic) bond motifs is 3. The molecule has 0 aliphatic heterocycles. The lowest BCUT2D eigenvalue weighted by molar-refractivity contribution is 0.669. The maximum atomic E-state index is 6.31. The molecule has 12 rings (SSSR count). The van der Waals surface area contributed by atoms with Gasteiger partial charge in [0.05, 0.1) is 11.4 Å². The zero-order valence-corrected chi connectivity index (χ0v) is 37.9.